The molecule has 4 heteroatoms. The van der Waals surface area contributed by atoms with Gasteiger partial charge in [0.1, 0.15) is 11.5 Å². The van der Waals surface area contributed by atoms with E-state index in [-0.39, 0.29) is 0 Å². The number of fused-ring (bicyclic) bond motifs is 1. The van der Waals surface area contributed by atoms with Crippen molar-refractivity contribution >= 4 is 11.5 Å². The zero-order chi connectivity index (χ0) is 10.8. The molecule has 1 atom stereocenters. The van der Waals surface area contributed by atoms with Crippen LogP contribution < -0.4 is 10.6 Å². The highest BCUT2D eigenvalue weighted by Crippen LogP contribution is 2.30. The van der Waals surface area contributed by atoms with E-state index < -0.39 is 0 Å². The van der Waals surface area contributed by atoms with Gasteiger partial charge in [-0.25, -0.2) is 0 Å². The van der Waals surface area contributed by atoms with E-state index in [4.69, 9.17) is 0 Å². The second-order valence-electron chi connectivity index (χ2n) is 4.16. The highest BCUT2D eigenvalue weighted by molar-refractivity contribution is 5.70. The van der Waals surface area contributed by atoms with Gasteiger partial charge >= 0.3 is 0 Å². The molecule has 1 aliphatic heterocycles. The number of aryl methyl sites for hydroxylation is 2. The van der Waals surface area contributed by atoms with Crippen LogP contribution in [0.5, 0.6) is 0 Å². The summed E-state index contributed by atoms with van der Waals surface area (Å²) < 4.78 is 1.95. The Bertz CT molecular complexity index is 343. The van der Waals surface area contributed by atoms with Crippen LogP contribution >= 0.6 is 0 Å². The first kappa shape index (κ1) is 10.3. The smallest absolute Gasteiger partial charge is 0.148 e. The Hall–Kier alpha value is -1.19. The van der Waals surface area contributed by atoms with Gasteiger partial charge in [0.2, 0.25) is 0 Å². The minimum absolute atomic E-state index is 0.544. The zero-order valence-electron chi connectivity index (χ0n) is 9.80. The fourth-order valence-corrected chi connectivity index (χ4v) is 2.17. The van der Waals surface area contributed by atoms with E-state index in [1.165, 1.54) is 18.5 Å². The summed E-state index contributed by atoms with van der Waals surface area (Å²) in [5.74, 6) is 1.15. The number of rotatable bonds is 3. The number of hydrogen-bond donors (Lipinski definition) is 2. The second-order valence-corrected chi connectivity index (χ2v) is 4.16. The second kappa shape index (κ2) is 4.13. The van der Waals surface area contributed by atoms with Crippen LogP contribution in [-0.4, -0.2) is 22.4 Å². The van der Waals surface area contributed by atoms with Crippen molar-refractivity contribution in [1.82, 2.24) is 9.78 Å². The maximum absolute atomic E-state index is 4.50. The van der Waals surface area contributed by atoms with Crippen molar-refractivity contribution in [3.8, 4) is 0 Å². The van der Waals surface area contributed by atoms with Gasteiger partial charge in [-0.2, -0.15) is 5.10 Å². The van der Waals surface area contributed by atoms with E-state index >= 15 is 0 Å². The summed E-state index contributed by atoms with van der Waals surface area (Å²) in [7, 11) is 2.00. The maximum Gasteiger partial charge on any atom is 0.148 e. The molecular weight excluding hydrogens is 188 g/mol. The molecule has 0 radical (unpaired) electrons. The predicted molar refractivity (Wildman–Crippen MR) is 63.4 cm³/mol. The third-order valence-electron chi connectivity index (χ3n) is 2.96. The minimum atomic E-state index is 0.544. The lowest BCUT2D eigenvalue weighted by Gasteiger charge is -2.26. The SMILES string of the molecule is CCCC1CNc2c(CC)nn(C)c2N1. The van der Waals surface area contributed by atoms with Gasteiger partial charge in [0.25, 0.3) is 0 Å². The Morgan fingerprint density at radius 1 is 1.47 bits per heavy atom. The normalized spacial score (nSPS) is 19.3. The molecule has 0 saturated heterocycles. The summed E-state index contributed by atoms with van der Waals surface area (Å²) in [6.07, 6.45) is 3.41. The van der Waals surface area contributed by atoms with Crippen molar-refractivity contribution in [2.75, 3.05) is 17.2 Å². The monoisotopic (exact) mass is 208 g/mol. The molecule has 1 unspecified atom stereocenters. The minimum Gasteiger partial charge on any atom is -0.378 e. The lowest BCUT2D eigenvalue weighted by atomic mass is 10.1. The van der Waals surface area contributed by atoms with Crippen LogP contribution in [0.1, 0.15) is 32.4 Å². The van der Waals surface area contributed by atoms with Crippen molar-refractivity contribution in [2.24, 2.45) is 7.05 Å². The van der Waals surface area contributed by atoms with Gasteiger partial charge in [0.05, 0.1) is 5.69 Å². The maximum atomic E-state index is 4.50. The van der Waals surface area contributed by atoms with Gasteiger partial charge in [-0.15, -0.1) is 0 Å². The highest BCUT2D eigenvalue weighted by atomic mass is 15.3. The molecule has 0 fully saturated rings. The lowest BCUT2D eigenvalue weighted by Crippen LogP contribution is -2.33. The Kier molecular flexibility index (Phi) is 2.84. The van der Waals surface area contributed by atoms with Crippen LogP contribution in [0.25, 0.3) is 0 Å². The molecule has 2 rings (SSSR count). The van der Waals surface area contributed by atoms with E-state index in [0.717, 1.165) is 24.5 Å². The van der Waals surface area contributed by atoms with Gasteiger partial charge in [-0.3, -0.25) is 4.68 Å². The number of hydrogen-bond acceptors (Lipinski definition) is 3. The molecule has 0 amide bonds. The first-order chi connectivity index (χ1) is 7.26. The average molecular weight is 208 g/mol. The van der Waals surface area contributed by atoms with E-state index in [1.54, 1.807) is 0 Å². The average Bonchev–Trinajstić information content (AvgIpc) is 2.56. The highest BCUT2D eigenvalue weighted by Gasteiger charge is 2.22. The molecule has 4 nitrogen and oxygen atoms in total. The Labute approximate surface area is 91.1 Å². The van der Waals surface area contributed by atoms with Crippen LogP contribution in [0.4, 0.5) is 11.5 Å². The molecule has 0 aliphatic carbocycles. The Morgan fingerprint density at radius 2 is 2.27 bits per heavy atom. The zero-order valence-corrected chi connectivity index (χ0v) is 9.80. The van der Waals surface area contributed by atoms with Crippen LogP contribution in [0.15, 0.2) is 0 Å². The summed E-state index contributed by atoms with van der Waals surface area (Å²) >= 11 is 0. The molecule has 0 aromatic carbocycles. The molecule has 0 spiro atoms. The van der Waals surface area contributed by atoms with Crippen LogP contribution in [0.2, 0.25) is 0 Å². The summed E-state index contributed by atoms with van der Waals surface area (Å²) in [4.78, 5) is 0. The third kappa shape index (κ3) is 1.80. The van der Waals surface area contributed by atoms with E-state index in [1.807, 2.05) is 11.7 Å². The topological polar surface area (TPSA) is 41.9 Å². The molecule has 1 aromatic rings. The van der Waals surface area contributed by atoms with Crippen LogP contribution in [-0.2, 0) is 13.5 Å². The largest absolute Gasteiger partial charge is 0.378 e. The first-order valence-corrected chi connectivity index (χ1v) is 5.82. The van der Waals surface area contributed by atoms with Crippen molar-refractivity contribution in [2.45, 2.75) is 39.2 Å². The Morgan fingerprint density at radius 3 is 2.93 bits per heavy atom. The van der Waals surface area contributed by atoms with Gasteiger partial charge in [0.15, 0.2) is 0 Å². The van der Waals surface area contributed by atoms with Crippen molar-refractivity contribution in [1.29, 1.82) is 0 Å². The quantitative estimate of drug-likeness (QED) is 0.798. The molecule has 15 heavy (non-hydrogen) atoms. The number of aromatic nitrogens is 2. The van der Waals surface area contributed by atoms with E-state index in [2.05, 4.69) is 29.6 Å². The Balaban J connectivity index is 2.22. The van der Waals surface area contributed by atoms with E-state index in [0.29, 0.717) is 6.04 Å². The van der Waals surface area contributed by atoms with Crippen molar-refractivity contribution in [3.63, 3.8) is 0 Å². The molecule has 2 N–H and O–H groups in total. The summed E-state index contributed by atoms with van der Waals surface area (Å²) in [5, 5.41) is 11.5. The molecular formula is C11H20N4. The third-order valence-corrected chi connectivity index (χ3v) is 2.96. The number of anilines is 2. The van der Waals surface area contributed by atoms with Gasteiger partial charge in [-0.1, -0.05) is 20.3 Å². The summed E-state index contributed by atoms with van der Waals surface area (Å²) in [6, 6.07) is 0.544. The predicted octanol–water partition coefficient (Wildman–Crippen LogP) is 1.99. The fraction of sp³-hybridized carbons (Fsp3) is 0.727. The van der Waals surface area contributed by atoms with Gasteiger partial charge < -0.3 is 10.6 Å². The lowest BCUT2D eigenvalue weighted by molar-refractivity contribution is 0.640. The summed E-state index contributed by atoms with van der Waals surface area (Å²) in [5.41, 5.74) is 2.36. The fourth-order valence-electron chi connectivity index (χ4n) is 2.17. The molecule has 1 aliphatic rings. The van der Waals surface area contributed by atoms with Crippen molar-refractivity contribution < 1.29 is 0 Å². The number of nitrogens with zero attached hydrogens (tertiary/aromatic N) is 2. The van der Waals surface area contributed by atoms with E-state index in [9.17, 15) is 0 Å². The van der Waals surface area contributed by atoms with Crippen molar-refractivity contribution in [3.05, 3.63) is 5.69 Å². The molecule has 0 bridgehead atoms. The summed E-state index contributed by atoms with van der Waals surface area (Å²) in [6.45, 7) is 5.37. The van der Waals surface area contributed by atoms with Gasteiger partial charge in [-0.05, 0) is 12.8 Å². The van der Waals surface area contributed by atoms with Crippen LogP contribution in [0.3, 0.4) is 0 Å². The number of nitrogens with one attached hydrogen (secondary N) is 2. The molecule has 2 heterocycles. The molecule has 84 valence electrons. The van der Waals surface area contributed by atoms with Crippen LogP contribution in [0, 0.1) is 0 Å². The van der Waals surface area contributed by atoms with Gasteiger partial charge in [0, 0.05) is 19.6 Å². The standard InChI is InChI=1S/C11H20N4/c1-4-6-8-7-12-10-9(5-2)14-15(3)11(10)13-8/h8,12-13H,4-7H2,1-3H3. The first-order valence-electron chi connectivity index (χ1n) is 5.82. The molecule has 1 aromatic heterocycles. The molecule has 0 saturated carbocycles.